The molecule has 1 saturated heterocycles. The van der Waals surface area contributed by atoms with Crippen molar-refractivity contribution in [1.29, 1.82) is 0 Å². The molecule has 1 aliphatic heterocycles. The fourth-order valence-electron chi connectivity index (χ4n) is 8.07. The topological polar surface area (TPSA) is 191 Å². The van der Waals surface area contributed by atoms with Gasteiger partial charge in [-0.3, -0.25) is 33.6 Å². The maximum atomic E-state index is 15.1. The summed E-state index contributed by atoms with van der Waals surface area (Å²) in [6.07, 6.45) is 1.20. The lowest BCUT2D eigenvalue weighted by atomic mass is 9.96. The lowest BCUT2D eigenvalue weighted by Gasteiger charge is -2.43. The number of carbonyl (C=O) groups excluding carboxylic acids is 8. The number of likely N-dealkylation sites (N-methyl/N-ethyl adjacent to an activating group) is 5. The molecule has 0 aromatic carbocycles. The first kappa shape index (κ1) is 57.2. The molecule has 0 radical (unpaired) electrons. The van der Waals surface area contributed by atoms with E-state index in [0.717, 1.165) is 0 Å². The van der Waals surface area contributed by atoms with Gasteiger partial charge >= 0.3 is 0 Å². The quantitative estimate of drug-likeness (QED) is 0.108. The summed E-state index contributed by atoms with van der Waals surface area (Å²) in [5.74, 6) is -3.48. The maximum Gasteiger partial charge on any atom is 0.249 e. The minimum absolute atomic E-state index is 0.0536. The van der Waals surface area contributed by atoms with Gasteiger partial charge in [-0.05, 0) is 67.5 Å². The zero-order valence-electron chi connectivity index (χ0n) is 42.3. The van der Waals surface area contributed by atoms with Crippen LogP contribution in [0.5, 0.6) is 0 Å². The van der Waals surface area contributed by atoms with Crippen LogP contribution in [0.15, 0.2) is 0 Å². The Morgan fingerprint density at radius 1 is 0.778 bits per heavy atom. The van der Waals surface area contributed by atoms with Crippen LogP contribution in [0.2, 0.25) is 18.1 Å². The SMILES string of the molecule is CC[C@@H](C(=O)N(C)CC(=O)N(C)[C@@H](CC(C)C)C(N)=O)N1C(=O)[C@@H](N(C)C(=O)[C@H](C(C)C)N(C)C(=O)C(CC(C)C)N(C)C(=O)CCC(C)C)[C@H](O[Si](C)(C)C(C)(C)C)[C@H]1CC=O. The average molecular weight is 908 g/mol. The number of primary amides is 1. The highest BCUT2D eigenvalue weighted by atomic mass is 28.4. The molecule has 1 heterocycles. The van der Waals surface area contributed by atoms with E-state index in [9.17, 15) is 28.8 Å². The molecule has 0 aliphatic carbocycles. The number of nitrogens with two attached hydrogens (primary N) is 1. The number of aldehydes is 1. The summed E-state index contributed by atoms with van der Waals surface area (Å²) >= 11 is 0. The number of amides is 7. The van der Waals surface area contributed by atoms with E-state index in [1.54, 1.807) is 21.0 Å². The number of hydrogen-bond acceptors (Lipinski definition) is 9. The minimum Gasteiger partial charge on any atom is -0.409 e. The minimum atomic E-state index is -2.76. The molecule has 0 aromatic rings. The summed E-state index contributed by atoms with van der Waals surface area (Å²) in [6.45, 7) is 26.9. The third-order valence-electron chi connectivity index (χ3n) is 13.0. The van der Waals surface area contributed by atoms with Gasteiger partial charge in [0.2, 0.25) is 41.4 Å². The predicted octanol–water partition coefficient (Wildman–Crippen LogP) is 4.39. The first-order valence-corrected chi connectivity index (χ1v) is 25.7. The van der Waals surface area contributed by atoms with E-state index in [1.807, 2.05) is 89.3 Å². The van der Waals surface area contributed by atoms with Gasteiger partial charge in [-0.25, -0.2) is 0 Å². The van der Waals surface area contributed by atoms with Crippen molar-refractivity contribution in [3.63, 3.8) is 0 Å². The van der Waals surface area contributed by atoms with E-state index in [4.69, 9.17) is 10.2 Å². The van der Waals surface area contributed by atoms with Gasteiger partial charge < -0.3 is 44.4 Å². The highest BCUT2D eigenvalue weighted by molar-refractivity contribution is 6.74. The summed E-state index contributed by atoms with van der Waals surface area (Å²) in [5, 5.41) is -0.357. The number of rotatable bonds is 24. The second-order valence-corrected chi connectivity index (χ2v) is 25.6. The molecule has 2 N–H and O–H groups in total. The third-order valence-corrected chi connectivity index (χ3v) is 17.4. The highest BCUT2D eigenvalue weighted by Gasteiger charge is 2.58. The van der Waals surface area contributed by atoms with Crippen molar-refractivity contribution in [2.75, 3.05) is 41.8 Å². The Labute approximate surface area is 380 Å². The van der Waals surface area contributed by atoms with Crippen LogP contribution < -0.4 is 5.73 Å². The van der Waals surface area contributed by atoms with E-state index in [-0.39, 0.29) is 42.0 Å². The van der Waals surface area contributed by atoms with Crippen LogP contribution in [0, 0.1) is 23.7 Å². The van der Waals surface area contributed by atoms with Crippen molar-refractivity contribution >= 4 is 56.0 Å². The molecular formula is C46H85N7O9Si. The molecule has 362 valence electrons. The summed E-state index contributed by atoms with van der Waals surface area (Å²) in [7, 11) is 4.81. The van der Waals surface area contributed by atoms with Crippen LogP contribution in [-0.2, 0) is 42.8 Å². The number of likely N-dealkylation sites (tertiary alicyclic amines) is 1. The largest absolute Gasteiger partial charge is 0.409 e. The number of nitrogens with zero attached hydrogens (tertiary/aromatic N) is 6. The third kappa shape index (κ3) is 14.6. The first-order chi connectivity index (χ1) is 28.8. The summed E-state index contributed by atoms with van der Waals surface area (Å²) in [4.78, 5) is 119. The van der Waals surface area contributed by atoms with Crippen LogP contribution in [-0.4, -0.2) is 169 Å². The van der Waals surface area contributed by atoms with E-state index in [0.29, 0.717) is 31.5 Å². The highest BCUT2D eigenvalue weighted by Crippen LogP contribution is 2.41. The van der Waals surface area contributed by atoms with Crippen molar-refractivity contribution in [1.82, 2.24) is 29.4 Å². The van der Waals surface area contributed by atoms with Crippen LogP contribution in [0.1, 0.15) is 122 Å². The zero-order chi connectivity index (χ0) is 49.2. The smallest absolute Gasteiger partial charge is 0.249 e. The van der Waals surface area contributed by atoms with Crippen LogP contribution in [0.25, 0.3) is 0 Å². The molecule has 0 spiro atoms. The summed E-state index contributed by atoms with van der Waals surface area (Å²) < 4.78 is 7.02. The second-order valence-electron chi connectivity index (χ2n) is 20.8. The lowest BCUT2D eigenvalue weighted by Crippen LogP contribution is -2.60. The van der Waals surface area contributed by atoms with Gasteiger partial charge in [0.15, 0.2) is 8.32 Å². The molecule has 17 heteroatoms. The van der Waals surface area contributed by atoms with Gasteiger partial charge in [0.25, 0.3) is 0 Å². The summed E-state index contributed by atoms with van der Waals surface area (Å²) in [6, 6.07) is -6.19. The van der Waals surface area contributed by atoms with E-state index in [1.165, 1.54) is 50.5 Å². The van der Waals surface area contributed by atoms with Gasteiger partial charge in [-0.2, -0.15) is 0 Å². The molecule has 1 unspecified atom stereocenters. The van der Waals surface area contributed by atoms with Crippen LogP contribution in [0.3, 0.4) is 0 Å². The monoisotopic (exact) mass is 908 g/mol. The zero-order valence-corrected chi connectivity index (χ0v) is 43.3. The fourth-order valence-corrected chi connectivity index (χ4v) is 9.39. The molecule has 1 rings (SSSR count). The Morgan fingerprint density at radius 3 is 1.71 bits per heavy atom. The number of hydrogen-bond donors (Lipinski definition) is 1. The predicted molar refractivity (Wildman–Crippen MR) is 248 cm³/mol. The Morgan fingerprint density at radius 2 is 1.29 bits per heavy atom. The van der Waals surface area contributed by atoms with Crippen molar-refractivity contribution in [3.8, 4) is 0 Å². The molecular weight excluding hydrogens is 823 g/mol. The van der Waals surface area contributed by atoms with E-state index >= 15 is 9.59 Å². The van der Waals surface area contributed by atoms with Crippen molar-refractivity contribution in [2.45, 2.75) is 182 Å². The standard InChI is InChI=1S/C46H85N7O9Si/c1-20-32(42(58)48(13)27-37(56)49(14)34(41(47)57)25-29(4)5)53-33(23-24-54)40(62-63(18,19)46(10,11)12)39(45(53)61)52(17)44(60)38(31(8)9)51(16)43(59)35(26-30(6)7)50(15)36(55)22-21-28(2)3/h24,28-35,38-40H,20-23,25-27H2,1-19H3,(H2,47,57)/t32-,33+,34-,35?,38-,39-,40+/m0/s1. The van der Waals surface area contributed by atoms with E-state index < -0.39 is 98.6 Å². The molecule has 7 atom stereocenters. The normalized spacial score (nSPS) is 18.9. The van der Waals surface area contributed by atoms with Gasteiger partial charge in [-0.15, -0.1) is 0 Å². The molecule has 1 fully saturated rings. The Balaban J connectivity index is 3.87. The van der Waals surface area contributed by atoms with Crippen LogP contribution in [0.4, 0.5) is 0 Å². The van der Waals surface area contributed by atoms with Crippen molar-refractivity contribution < 1.29 is 42.8 Å². The van der Waals surface area contributed by atoms with Gasteiger partial charge in [0.05, 0.1) is 18.7 Å². The van der Waals surface area contributed by atoms with Crippen molar-refractivity contribution in [2.24, 2.45) is 29.4 Å². The Kier molecular flexibility index (Phi) is 21.7. The molecule has 7 amide bonds. The van der Waals surface area contributed by atoms with Crippen LogP contribution >= 0.6 is 0 Å². The van der Waals surface area contributed by atoms with Gasteiger partial charge in [0.1, 0.15) is 36.5 Å². The summed E-state index contributed by atoms with van der Waals surface area (Å²) in [5.41, 5.74) is 5.65. The fraction of sp³-hybridized carbons (Fsp3) is 0.826. The Hall–Kier alpha value is -3.86. The first-order valence-electron chi connectivity index (χ1n) is 22.8. The van der Waals surface area contributed by atoms with E-state index in [2.05, 4.69) is 0 Å². The maximum absolute atomic E-state index is 15.1. The van der Waals surface area contributed by atoms with Crippen molar-refractivity contribution in [3.05, 3.63) is 0 Å². The molecule has 63 heavy (non-hydrogen) atoms. The second kappa shape index (κ2) is 23.9. The molecule has 0 aromatic heterocycles. The van der Waals surface area contributed by atoms with Gasteiger partial charge in [0, 0.05) is 48.1 Å². The molecule has 0 bridgehead atoms. The van der Waals surface area contributed by atoms with Gasteiger partial charge in [-0.1, -0.05) is 83.1 Å². The number of carbonyl (C=O) groups is 8. The lowest BCUT2D eigenvalue weighted by molar-refractivity contribution is -0.155. The average Bonchev–Trinajstić information content (AvgIpc) is 3.41. The molecule has 16 nitrogen and oxygen atoms in total. The molecule has 1 aliphatic rings. The Bertz CT molecular complexity index is 1610. The molecule has 0 saturated carbocycles.